The third-order valence-electron chi connectivity index (χ3n) is 5.84. The summed E-state index contributed by atoms with van der Waals surface area (Å²) in [5, 5.41) is 1.34. The number of fused-ring (bicyclic) bond motifs is 1. The number of amides is 1. The number of nitrogens with zero attached hydrogens (tertiary/aromatic N) is 1. The maximum atomic E-state index is 12.4. The fraction of sp³-hybridized carbons (Fsp3) is 0.571. The Hall–Kier alpha value is -2.01. The Kier molecular flexibility index (Phi) is 5.16. The highest BCUT2D eigenvalue weighted by atomic mass is 16.6. The third kappa shape index (κ3) is 3.45. The lowest BCUT2D eigenvalue weighted by molar-refractivity contribution is -0.0121. The Morgan fingerprint density at radius 3 is 2.73 bits per heavy atom. The van der Waals surface area contributed by atoms with Crippen LogP contribution in [0.2, 0.25) is 0 Å². The third-order valence-corrected chi connectivity index (χ3v) is 5.84. The molecule has 0 bridgehead atoms. The predicted octanol–water partition coefficient (Wildman–Crippen LogP) is 4.23. The molecule has 2 aromatic rings. The van der Waals surface area contributed by atoms with Gasteiger partial charge in [-0.15, -0.1) is 0 Å². The number of hydrogen-bond donors (Lipinski definition) is 1. The van der Waals surface area contributed by atoms with Crippen molar-refractivity contribution >= 4 is 17.0 Å². The molecule has 26 heavy (non-hydrogen) atoms. The van der Waals surface area contributed by atoms with Gasteiger partial charge in [0.15, 0.2) is 0 Å². The van der Waals surface area contributed by atoms with Crippen molar-refractivity contribution in [2.75, 3.05) is 26.3 Å². The van der Waals surface area contributed by atoms with Crippen LogP contribution < -0.4 is 0 Å². The Morgan fingerprint density at radius 2 is 2.00 bits per heavy atom. The topological polar surface area (TPSA) is 54.6 Å². The molecule has 0 saturated carbocycles. The number of aromatic amines is 1. The number of H-pyrrole nitrogens is 1. The molecule has 2 aliphatic heterocycles. The molecule has 2 aliphatic rings. The van der Waals surface area contributed by atoms with E-state index in [2.05, 4.69) is 36.3 Å². The van der Waals surface area contributed by atoms with E-state index >= 15 is 0 Å². The monoisotopic (exact) mass is 356 g/mol. The number of aromatic nitrogens is 1. The lowest BCUT2D eigenvalue weighted by Crippen LogP contribution is -2.40. The van der Waals surface area contributed by atoms with Gasteiger partial charge in [0.2, 0.25) is 0 Å². The summed E-state index contributed by atoms with van der Waals surface area (Å²) in [6.07, 6.45) is 6.70. The van der Waals surface area contributed by atoms with E-state index in [9.17, 15) is 4.79 Å². The van der Waals surface area contributed by atoms with Crippen molar-refractivity contribution in [2.24, 2.45) is 0 Å². The summed E-state index contributed by atoms with van der Waals surface area (Å²) in [7, 11) is 0. The largest absolute Gasteiger partial charge is 0.446 e. The number of ether oxygens (including phenoxy) is 2. The number of piperidine rings is 1. The Bertz CT molecular complexity index is 756. The van der Waals surface area contributed by atoms with Crippen molar-refractivity contribution in [2.45, 2.75) is 51.0 Å². The summed E-state index contributed by atoms with van der Waals surface area (Å²) in [6.45, 7) is 5.12. The molecular formula is C21H28N2O3. The molecule has 2 saturated heterocycles. The van der Waals surface area contributed by atoms with Crippen molar-refractivity contribution in [3.63, 3.8) is 0 Å². The quantitative estimate of drug-likeness (QED) is 0.895. The van der Waals surface area contributed by atoms with Crippen LogP contribution in [0.5, 0.6) is 0 Å². The van der Waals surface area contributed by atoms with Crippen LogP contribution in [-0.4, -0.2) is 48.4 Å². The van der Waals surface area contributed by atoms with E-state index in [0.717, 1.165) is 45.2 Å². The van der Waals surface area contributed by atoms with E-state index in [0.29, 0.717) is 19.1 Å². The van der Waals surface area contributed by atoms with E-state index in [4.69, 9.17) is 9.47 Å². The Labute approximate surface area is 154 Å². The van der Waals surface area contributed by atoms with Crippen molar-refractivity contribution in [3.05, 3.63) is 35.5 Å². The zero-order chi connectivity index (χ0) is 17.9. The van der Waals surface area contributed by atoms with Crippen molar-refractivity contribution in [1.82, 2.24) is 9.88 Å². The van der Waals surface area contributed by atoms with E-state index in [-0.39, 0.29) is 12.2 Å². The van der Waals surface area contributed by atoms with Crippen LogP contribution in [0.1, 0.15) is 49.7 Å². The highest BCUT2D eigenvalue weighted by molar-refractivity contribution is 5.86. The first-order valence-corrected chi connectivity index (χ1v) is 9.88. The summed E-state index contributed by atoms with van der Waals surface area (Å²) >= 11 is 0. The molecule has 5 nitrogen and oxygen atoms in total. The maximum absolute atomic E-state index is 12.4. The molecule has 4 rings (SSSR count). The van der Waals surface area contributed by atoms with Gasteiger partial charge in [-0.1, -0.05) is 25.1 Å². The van der Waals surface area contributed by atoms with Gasteiger partial charge in [0.05, 0.1) is 13.2 Å². The van der Waals surface area contributed by atoms with Gasteiger partial charge >= 0.3 is 6.09 Å². The first kappa shape index (κ1) is 17.4. The van der Waals surface area contributed by atoms with Gasteiger partial charge in [-0.3, -0.25) is 0 Å². The van der Waals surface area contributed by atoms with Crippen LogP contribution in [0.25, 0.3) is 10.9 Å². The summed E-state index contributed by atoms with van der Waals surface area (Å²) in [4.78, 5) is 17.8. The molecule has 0 aliphatic carbocycles. The van der Waals surface area contributed by atoms with Crippen molar-refractivity contribution < 1.29 is 14.3 Å². The normalized spacial score (nSPS) is 19.8. The minimum absolute atomic E-state index is 0.0232. The number of para-hydroxylation sites is 1. The molecule has 1 amide bonds. The Morgan fingerprint density at radius 1 is 1.23 bits per heavy atom. The standard InChI is InChI=1S/C21H28N2O3/c1-2-15-4-3-5-18-19(14-22-20(15)18)16-6-10-23(11-7-16)21(24)26-17-8-12-25-13-9-17/h3-5,14,16-17,22H,2,6-13H2,1H3. The summed E-state index contributed by atoms with van der Waals surface area (Å²) in [5.41, 5.74) is 4.03. The van der Waals surface area contributed by atoms with Gasteiger partial charge in [0.1, 0.15) is 6.10 Å². The molecule has 0 atom stereocenters. The number of hydrogen-bond acceptors (Lipinski definition) is 3. The second kappa shape index (κ2) is 7.70. The smallest absolute Gasteiger partial charge is 0.410 e. The number of carbonyl (C=O) groups is 1. The SMILES string of the molecule is CCc1cccc2c(C3CCN(C(=O)OC4CCOCC4)CC3)c[nH]c12. The summed E-state index contributed by atoms with van der Waals surface area (Å²) in [5.74, 6) is 0.503. The highest BCUT2D eigenvalue weighted by Crippen LogP contribution is 2.34. The van der Waals surface area contributed by atoms with Crippen LogP contribution in [0.15, 0.2) is 24.4 Å². The lowest BCUT2D eigenvalue weighted by Gasteiger charge is -2.33. The number of likely N-dealkylation sites (tertiary alicyclic amines) is 1. The average molecular weight is 356 g/mol. The van der Waals surface area contributed by atoms with Crippen molar-refractivity contribution in [3.8, 4) is 0 Å². The zero-order valence-corrected chi connectivity index (χ0v) is 15.5. The zero-order valence-electron chi connectivity index (χ0n) is 15.5. The van der Waals surface area contributed by atoms with E-state index in [1.54, 1.807) is 0 Å². The molecule has 1 aromatic carbocycles. The van der Waals surface area contributed by atoms with E-state index in [1.807, 2.05) is 4.90 Å². The maximum Gasteiger partial charge on any atom is 0.410 e. The van der Waals surface area contributed by atoms with Gasteiger partial charge < -0.3 is 19.4 Å². The van der Waals surface area contributed by atoms with Crippen LogP contribution in [0.4, 0.5) is 4.79 Å². The number of rotatable bonds is 3. The van der Waals surface area contributed by atoms with Gasteiger partial charge in [0, 0.05) is 43.0 Å². The number of aryl methyl sites for hydroxylation is 1. The van der Waals surface area contributed by atoms with Crippen molar-refractivity contribution in [1.29, 1.82) is 0 Å². The molecule has 1 aromatic heterocycles. The first-order valence-electron chi connectivity index (χ1n) is 9.88. The van der Waals surface area contributed by atoms with Crippen LogP contribution in [-0.2, 0) is 15.9 Å². The van der Waals surface area contributed by atoms with Crippen LogP contribution in [0, 0.1) is 0 Å². The summed E-state index contributed by atoms with van der Waals surface area (Å²) in [6, 6.07) is 6.56. The Balaban J connectivity index is 1.38. The number of nitrogens with one attached hydrogen (secondary N) is 1. The predicted molar refractivity (Wildman–Crippen MR) is 102 cm³/mol. The van der Waals surface area contributed by atoms with Gasteiger partial charge in [-0.05, 0) is 36.3 Å². The number of benzene rings is 1. The van der Waals surface area contributed by atoms with Crippen LogP contribution in [0.3, 0.4) is 0 Å². The number of carbonyl (C=O) groups excluding carboxylic acids is 1. The van der Waals surface area contributed by atoms with E-state index in [1.165, 1.54) is 22.0 Å². The van der Waals surface area contributed by atoms with Gasteiger partial charge in [-0.25, -0.2) is 4.79 Å². The molecule has 5 heteroatoms. The molecule has 0 radical (unpaired) electrons. The molecule has 0 spiro atoms. The fourth-order valence-corrected chi connectivity index (χ4v) is 4.26. The minimum atomic E-state index is -0.150. The second-order valence-corrected chi connectivity index (χ2v) is 7.39. The van der Waals surface area contributed by atoms with Gasteiger partial charge in [0.25, 0.3) is 0 Å². The second-order valence-electron chi connectivity index (χ2n) is 7.39. The van der Waals surface area contributed by atoms with Crippen LogP contribution >= 0.6 is 0 Å². The minimum Gasteiger partial charge on any atom is -0.446 e. The van der Waals surface area contributed by atoms with Gasteiger partial charge in [-0.2, -0.15) is 0 Å². The molecule has 2 fully saturated rings. The average Bonchev–Trinajstić information content (AvgIpc) is 3.13. The molecule has 1 N–H and O–H groups in total. The lowest BCUT2D eigenvalue weighted by atomic mass is 9.89. The first-order chi connectivity index (χ1) is 12.8. The molecular weight excluding hydrogens is 328 g/mol. The molecule has 3 heterocycles. The summed E-state index contributed by atoms with van der Waals surface area (Å²) < 4.78 is 11.0. The fourth-order valence-electron chi connectivity index (χ4n) is 4.26. The molecule has 0 unspecified atom stereocenters. The molecule has 140 valence electrons. The highest BCUT2D eigenvalue weighted by Gasteiger charge is 2.28. The van der Waals surface area contributed by atoms with E-state index < -0.39 is 0 Å².